The van der Waals surface area contributed by atoms with E-state index in [0.717, 1.165) is 24.0 Å². The summed E-state index contributed by atoms with van der Waals surface area (Å²) in [5, 5.41) is -1.19. The third-order valence-electron chi connectivity index (χ3n) is 5.77. The molecule has 1 saturated carbocycles. The van der Waals surface area contributed by atoms with Gasteiger partial charge in [-0.1, -0.05) is 31.0 Å². The van der Waals surface area contributed by atoms with E-state index in [-0.39, 0.29) is 5.78 Å². The molecular formula is C23H26O5P. The lowest BCUT2D eigenvalue weighted by atomic mass is 9.94. The van der Waals surface area contributed by atoms with Crippen molar-refractivity contribution in [3.8, 4) is 11.5 Å². The Hall–Kier alpha value is -2.52. The molecule has 2 aromatic rings. The minimum absolute atomic E-state index is 0.282. The average molecular weight is 413 g/mol. The SMILES string of the molecule is COc1ccc(C(=O)C2([P](=O)C(=O)c3c(C)cccc3C)CCCC2)c(OC)c1. The maximum Gasteiger partial charge on any atom is 0.243 e. The summed E-state index contributed by atoms with van der Waals surface area (Å²) in [6, 6.07) is 10.5. The van der Waals surface area contributed by atoms with Crippen LogP contribution in [0.4, 0.5) is 0 Å². The van der Waals surface area contributed by atoms with Gasteiger partial charge in [0.25, 0.3) is 0 Å². The standard InChI is InChI=1S/C23H26O5P/c1-15-8-7-9-16(2)20(15)22(25)29(26)23(12-5-6-13-23)21(24)18-11-10-17(27-3)14-19(18)28-4/h7-11,14H,5-6,12-13H2,1-4H3. The number of carbonyl (C=O) groups excluding carboxylic acids is 2. The zero-order chi connectivity index (χ0) is 21.2. The van der Waals surface area contributed by atoms with Crippen molar-refractivity contribution < 1.29 is 23.6 Å². The number of Topliss-reactive ketones (excluding diaryl/α,β-unsaturated/α-hetero) is 1. The lowest BCUT2D eigenvalue weighted by Crippen LogP contribution is -2.34. The van der Waals surface area contributed by atoms with Crippen LogP contribution in [0.25, 0.3) is 0 Å². The molecule has 29 heavy (non-hydrogen) atoms. The maximum atomic E-state index is 13.6. The van der Waals surface area contributed by atoms with E-state index >= 15 is 0 Å². The molecule has 153 valence electrons. The molecule has 5 nitrogen and oxygen atoms in total. The second-order valence-corrected chi connectivity index (χ2v) is 9.35. The van der Waals surface area contributed by atoms with Gasteiger partial charge in [0.1, 0.15) is 16.7 Å². The van der Waals surface area contributed by atoms with E-state index in [1.54, 1.807) is 18.2 Å². The van der Waals surface area contributed by atoms with Crippen LogP contribution < -0.4 is 9.47 Å². The normalized spacial score (nSPS) is 15.7. The highest BCUT2D eigenvalue weighted by Gasteiger charge is 2.51. The summed E-state index contributed by atoms with van der Waals surface area (Å²) in [6.45, 7) is 3.66. The van der Waals surface area contributed by atoms with E-state index in [9.17, 15) is 14.2 Å². The van der Waals surface area contributed by atoms with Crippen molar-refractivity contribution in [2.24, 2.45) is 0 Å². The van der Waals surface area contributed by atoms with E-state index < -0.39 is 18.5 Å². The van der Waals surface area contributed by atoms with Gasteiger partial charge in [-0.3, -0.25) is 14.2 Å². The van der Waals surface area contributed by atoms with E-state index in [1.165, 1.54) is 14.2 Å². The minimum atomic E-state index is -2.45. The number of hydrogen-bond donors (Lipinski definition) is 0. The van der Waals surface area contributed by atoms with E-state index in [0.29, 0.717) is 35.5 Å². The molecule has 1 fully saturated rings. The van der Waals surface area contributed by atoms with Crippen molar-refractivity contribution in [2.45, 2.75) is 44.7 Å². The van der Waals surface area contributed by atoms with E-state index in [4.69, 9.17) is 9.47 Å². The van der Waals surface area contributed by atoms with Gasteiger partial charge in [-0.05, 0) is 49.9 Å². The quantitative estimate of drug-likeness (QED) is 0.444. The molecule has 1 unspecified atom stereocenters. The summed E-state index contributed by atoms with van der Waals surface area (Å²) in [5.41, 5.74) is 1.93. The Morgan fingerprint density at radius 2 is 1.59 bits per heavy atom. The van der Waals surface area contributed by atoms with Gasteiger partial charge in [0.2, 0.25) is 5.52 Å². The van der Waals surface area contributed by atoms with Crippen molar-refractivity contribution in [3.05, 3.63) is 58.7 Å². The van der Waals surface area contributed by atoms with Crippen LogP contribution in [-0.4, -0.2) is 30.7 Å². The summed E-state index contributed by atoms with van der Waals surface area (Å²) in [5.74, 6) is 0.647. The van der Waals surface area contributed by atoms with Gasteiger partial charge in [0, 0.05) is 11.6 Å². The van der Waals surface area contributed by atoms with Gasteiger partial charge in [0.05, 0.1) is 19.8 Å². The van der Waals surface area contributed by atoms with Crippen LogP contribution in [0.2, 0.25) is 0 Å². The maximum absolute atomic E-state index is 13.6. The topological polar surface area (TPSA) is 69.7 Å². The van der Waals surface area contributed by atoms with E-state index in [2.05, 4.69) is 0 Å². The number of aryl methyl sites for hydroxylation is 2. The van der Waals surface area contributed by atoms with Gasteiger partial charge in [-0.25, -0.2) is 0 Å². The molecule has 3 rings (SSSR count). The summed E-state index contributed by atoms with van der Waals surface area (Å²) in [7, 11) is 0.565. The van der Waals surface area contributed by atoms with Crippen molar-refractivity contribution in [2.75, 3.05) is 14.2 Å². The van der Waals surface area contributed by atoms with Gasteiger partial charge < -0.3 is 9.47 Å². The minimum Gasteiger partial charge on any atom is -0.497 e. The zero-order valence-corrected chi connectivity index (χ0v) is 18.2. The monoisotopic (exact) mass is 413 g/mol. The Morgan fingerprint density at radius 1 is 0.966 bits per heavy atom. The Balaban J connectivity index is 2.06. The first kappa shape index (κ1) is 21.2. The second kappa shape index (κ2) is 8.46. The molecule has 1 radical (unpaired) electrons. The third kappa shape index (κ3) is 3.72. The van der Waals surface area contributed by atoms with Crippen molar-refractivity contribution in [1.82, 2.24) is 0 Å². The van der Waals surface area contributed by atoms with Gasteiger partial charge in [0.15, 0.2) is 13.6 Å². The molecule has 1 aliphatic carbocycles. The van der Waals surface area contributed by atoms with Crippen LogP contribution in [0.15, 0.2) is 36.4 Å². The first-order chi connectivity index (χ1) is 13.9. The summed E-state index contributed by atoms with van der Waals surface area (Å²) < 4.78 is 24.2. The van der Waals surface area contributed by atoms with Crippen LogP contribution in [0.5, 0.6) is 11.5 Å². The predicted molar refractivity (Wildman–Crippen MR) is 113 cm³/mol. The van der Waals surface area contributed by atoms with Crippen LogP contribution in [0.1, 0.15) is 57.5 Å². The molecule has 6 heteroatoms. The number of hydrogen-bond acceptors (Lipinski definition) is 5. The summed E-state index contributed by atoms with van der Waals surface area (Å²) in [4.78, 5) is 26.9. The first-order valence-electron chi connectivity index (χ1n) is 9.70. The molecule has 0 heterocycles. The molecule has 0 N–H and O–H groups in total. The number of methoxy groups -OCH3 is 2. The number of carbonyl (C=O) groups is 2. The van der Waals surface area contributed by atoms with Crippen molar-refractivity contribution in [1.29, 1.82) is 0 Å². The zero-order valence-electron chi connectivity index (χ0n) is 17.3. The molecule has 0 saturated heterocycles. The van der Waals surface area contributed by atoms with Gasteiger partial charge >= 0.3 is 0 Å². The highest BCUT2D eigenvalue weighted by molar-refractivity contribution is 7.67. The van der Waals surface area contributed by atoms with Gasteiger partial charge in [-0.15, -0.1) is 0 Å². The molecule has 0 amide bonds. The smallest absolute Gasteiger partial charge is 0.243 e. The summed E-state index contributed by atoms with van der Waals surface area (Å²) >= 11 is 0. The van der Waals surface area contributed by atoms with Crippen LogP contribution >= 0.6 is 7.80 Å². The fourth-order valence-electron chi connectivity index (χ4n) is 4.17. The lowest BCUT2D eigenvalue weighted by Gasteiger charge is -2.26. The molecular weight excluding hydrogens is 387 g/mol. The molecule has 1 aliphatic rings. The lowest BCUT2D eigenvalue weighted by molar-refractivity contribution is 0.0928. The average Bonchev–Trinajstić information content (AvgIpc) is 3.23. The fraction of sp³-hybridized carbons (Fsp3) is 0.391. The van der Waals surface area contributed by atoms with Crippen LogP contribution in [0.3, 0.4) is 0 Å². The molecule has 0 spiro atoms. The summed E-state index contributed by atoms with van der Waals surface area (Å²) in [6.07, 6.45) is 2.41. The number of benzene rings is 2. The van der Waals surface area contributed by atoms with Crippen LogP contribution in [0, 0.1) is 13.8 Å². The Bertz CT molecular complexity index is 953. The number of rotatable bonds is 7. The Labute approximate surface area is 172 Å². The first-order valence-corrected chi connectivity index (χ1v) is 11.0. The third-order valence-corrected chi connectivity index (χ3v) is 7.80. The van der Waals surface area contributed by atoms with Crippen molar-refractivity contribution in [3.63, 3.8) is 0 Å². The fourth-order valence-corrected chi connectivity index (χ4v) is 6.14. The molecule has 1 atom stereocenters. The molecule has 0 bridgehead atoms. The molecule has 2 aromatic carbocycles. The largest absolute Gasteiger partial charge is 0.497 e. The number of ketones is 1. The molecule has 0 aromatic heterocycles. The molecule has 0 aliphatic heterocycles. The highest BCUT2D eigenvalue weighted by Crippen LogP contribution is 2.55. The Kier molecular flexibility index (Phi) is 6.18. The van der Waals surface area contributed by atoms with E-state index in [1.807, 2.05) is 32.0 Å². The number of ether oxygens (including phenoxy) is 2. The van der Waals surface area contributed by atoms with Gasteiger partial charge in [-0.2, -0.15) is 0 Å². The van der Waals surface area contributed by atoms with Crippen molar-refractivity contribution >= 4 is 19.1 Å². The second-order valence-electron chi connectivity index (χ2n) is 7.50. The highest BCUT2D eigenvalue weighted by atomic mass is 31.1. The Morgan fingerprint density at radius 3 is 2.14 bits per heavy atom. The van der Waals surface area contributed by atoms with Crippen LogP contribution in [-0.2, 0) is 4.57 Å². The predicted octanol–water partition coefficient (Wildman–Crippen LogP) is 5.48.